The van der Waals surface area contributed by atoms with Gasteiger partial charge in [-0.1, -0.05) is 21.7 Å². The van der Waals surface area contributed by atoms with E-state index in [0.717, 1.165) is 11.4 Å². The van der Waals surface area contributed by atoms with E-state index in [2.05, 4.69) is 20.6 Å². The highest BCUT2D eigenvalue weighted by Crippen LogP contribution is 2.17. The summed E-state index contributed by atoms with van der Waals surface area (Å²) in [4.78, 5) is 6.96. The van der Waals surface area contributed by atoms with Crippen LogP contribution in [0.25, 0.3) is 16.7 Å². The Bertz CT molecular complexity index is 1010. The van der Waals surface area contributed by atoms with Crippen molar-refractivity contribution < 1.29 is 9.57 Å². The fraction of sp³-hybridized carbons (Fsp3) is 0.125. The molecule has 0 saturated heterocycles. The molecule has 0 aliphatic heterocycles. The molecule has 0 unspecified atom stereocenters. The predicted octanol–water partition coefficient (Wildman–Crippen LogP) is 2.30. The van der Waals surface area contributed by atoms with Gasteiger partial charge in [0.2, 0.25) is 0 Å². The number of benzene rings is 2. The number of halogens is 1. The van der Waals surface area contributed by atoms with E-state index < -0.39 is 0 Å². The summed E-state index contributed by atoms with van der Waals surface area (Å²) in [5.74, 6) is 0.782. The summed E-state index contributed by atoms with van der Waals surface area (Å²) in [5.41, 5.74) is 2.92. The van der Waals surface area contributed by atoms with Crippen molar-refractivity contribution in [3.8, 4) is 11.4 Å². The average Bonchev–Trinajstić information content (AvgIpc) is 3.27. The lowest BCUT2D eigenvalue weighted by Crippen LogP contribution is -2.13. The summed E-state index contributed by atoms with van der Waals surface area (Å²) in [7, 11) is 1.63. The number of nitrogens with zero attached hydrogens (tertiary/aromatic N) is 6. The third-order valence-electron chi connectivity index (χ3n) is 3.59. The minimum absolute atomic E-state index is 0.196. The van der Waals surface area contributed by atoms with Crippen LogP contribution in [0.5, 0.6) is 5.75 Å². The molecule has 0 bridgehead atoms. The van der Waals surface area contributed by atoms with E-state index in [1.165, 1.54) is 4.85 Å². The third kappa shape index (κ3) is 3.11. The average molecular weight is 357 g/mol. The Morgan fingerprint density at radius 1 is 1.04 bits per heavy atom. The second kappa shape index (κ2) is 6.40. The normalized spacial score (nSPS) is 11.0. The summed E-state index contributed by atoms with van der Waals surface area (Å²) < 4.78 is 6.80. The first-order valence-corrected chi connectivity index (χ1v) is 7.80. The lowest BCUT2D eigenvalue weighted by atomic mass is 10.3. The van der Waals surface area contributed by atoms with Gasteiger partial charge in [-0.2, -0.15) is 0 Å². The number of hydrogen-bond donors (Lipinski definition) is 0. The minimum atomic E-state index is 0.196. The van der Waals surface area contributed by atoms with E-state index in [1.54, 1.807) is 36.2 Å². The fourth-order valence-corrected chi connectivity index (χ4v) is 2.49. The number of rotatable bonds is 5. The van der Waals surface area contributed by atoms with Gasteiger partial charge >= 0.3 is 0 Å². The first-order chi connectivity index (χ1) is 12.2. The number of ether oxygens (including phenoxy) is 1. The van der Waals surface area contributed by atoms with Gasteiger partial charge in [-0.25, -0.2) is 4.68 Å². The molecule has 0 N–H and O–H groups in total. The number of hydrogen-bond acceptors (Lipinski definition) is 6. The molecule has 9 heteroatoms. The zero-order valence-electron chi connectivity index (χ0n) is 13.2. The van der Waals surface area contributed by atoms with Crippen molar-refractivity contribution in [1.29, 1.82) is 0 Å². The van der Waals surface area contributed by atoms with Crippen molar-refractivity contribution in [1.82, 2.24) is 30.2 Å². The molecule has 0 atom stereocenters. The standard InChI is InChI=1S/C16H13ClN6O2/c1-24-14-5-3-13(4-6-14)22-9-12(18-20-22)10-25-23-16-8-11(17)2-7-15(16)19-21-23/h2-9H,10H2,1H3. The van der Waals surface area contributed by atoms with Crippen molar-refractivity contribution >= 4 is 22.6 Å². The van der Waals surface area contributed by atoms with Gasteiger partial charge in [-0.15, -0.1) is 10.2 Å². The Hall–Kier alpha value is -3.13. The molecule has 0 radical (unpaired) electrons. The van der Waals surface area contributed by atoms with Crippen LogP contribution in [0.1, 0.15) is 5.69 Å². The molecule has 126 valence electrons. The first-order valence-electron chi connectivity index (χ1n) is 7.43. The van der Waals surface area contributed by atoms with E-state index in [-0.39, 0.29) is 6.61 Å². The largest absolute Gasteiger partial charge is 0.497 e. The van der Waals surface area contributed by atoms with Crippen LogP contribution in [0.4, 0.5) is 0 Å². The number of aromatic nitrogens is 6. The third-order valence-corrected chi connectivity index (χ3v) is 3.82. The Morgan fingerprint density at radius 2 is 1.88 bits per heavy atom. The molecule has 4 rings (SSSR count). The minimum Gasteiger partial charge on any atom is -0.497 e. The molecule has 0 spiro atoms. The molecule has 4 aromatic rings. The fourth-order valence-electron chi connectivity index (χ4n) is 2.32. The molecular formula is C16H13ClN6O2. The Morgan fingerprint density at radius 3 is 2.68 bits per heavy atom. The highest BCUT2D eigenvalue weighted by atomic mass is 35.5. The molecule has 2 aromatic carbocycles. The highest BCUT2D eigenvalue weighted by Gasteiger charge is 2.08. The zero-order valence-corrected chi connectivity index (χ0v) is 14.0. The van der Waals surface area contributed by atoms with E-state index in [0.29, 0.717) is 21.7 Å². The summed E-state index contributed by atoms with van der Waals surface area (Å²) in [6, 6.07) is 12.8. The molecule has 0 saturated carbocycles. The van der Waals surface area contributed by atoms with Crippen LogP contribution in [0.2, 0.25) is 5.02 Å². The monoisotopic (exact) mass is 356 g/mol. The quantitative estimate of drug-likeness (QED) is 0.546. The second-order valence-electron chi connectivity index (χ2n) is 5.22. The van der Waals surface area contributed by atoms with Crippen LogP contribution in [-0.4, -0.2) is 37.3 Å². The molecule has 2 aromatic heterocycles. The highest BCUT2D eigenvalue weighted by molar-refractivity contribution is 6.31. The molecule has 8 nitrogen and oxygen atoms in total. The molecular weight excluding hydrogens is 344 g/mol. The van der Waals surface area contributed by atoms with Crippen LogP contribution < -0.4 is 9.57 Å². The van der Waals surface area contributed by atoms with Crippen molar-refractivity contribution in [3.63, 3.8) is 0 Å². The van der Waals surface area contributed by atoms with Crippen LogP contribution in [-0.2, 0) is 6.61 Å². The van der Waals surface area contributed by atoms with E-state index in [1.807, 2.05) is 24.3 Å². The lowest BCUT2D eigenvalue weighted by molar-refractivity contribution is 0.0731. The van der Waals surface area contributed by atoms with Gasteiger partial charge in [-0.05, 0) is 47.7 Å². The van der Waals surface area contributed by atoms with E-state index >= 15 is 0 Å². The first kappa shape index (κ1) is 15.4. The van der Waals surface area contributed by atoms with E-state index in [9.17, 15) is 0 Å². The van der Waals surface area contributed by atoms with Gasteiger partial charge in [0.05, 0.1) is 19.0 Å². The lowest BCUT2D eigenvalue weighted by Gasteiger charge is -2.03. The van der Waals surface area contributed by atoms with Crippen molar-refractivity contribution in [2.24, 2.45) is 0 Å². The summed E-state index contributed by atoms with van der Waals surface area (Å²) in [6.07, 6.45) is 1.79. The maximum atomic E-state index is 6.00. The maximum Gasteiger partial charge on any atom is 0.162 e. The molecule has 0 amide bonds. The van der Waals surface area contributed by atoms with E-state index in [4.69, 9.17) is 21.2 Å². The van der Waals surface area contributed by atoms with Crippen LogP contribution in [0.3, 0.4) is 0 Å². The van der Waals surface area contributed by atoms with Crippen molar-refractivity contribution in [2.75, 3.05) is 7.11 Å². The molecule has 0 fully saturated rings. The number of methoxy groups -OCH3 is 1. The SMILES string of the molecule is COc1ccc(-n2cc(COn3nnc4ccc(Cl)cc43)nn2)cc1. The Labute approximate surface area is 147 Å². The molecule has 2 heterocycles. The van der Waals surface area contributed by atoms with Gasteiger partial charge in [0.25, 0.3) is 0 Å². The van der Waals surface area contributed by atoms with Crippen molar-refractivity contribution in [3.05, 3.63) is 59.4 Å². The Kier molecular flexibility index (Phi) is 3.95. The topological polar surface area (TPSA) is 79.9 Å². The zero-order chi connectivity index (χ0) is 17.2. The summed E-state index contributed by atoms with van der Waals surface area (Å²) in [5, 5.41) is 16.8. The molecule has 25 heavy (non-hydrogen) atoms. The van der Waals surface area contributed by atoms with Crippen LogP contribution in [0.15, 0.2) is 48.7 Å². The Balaban J connectivity index is 1.49. The summed E-state index contributed by atoms with van der Waals surface area (Å²) in [6.45, 7) is 0.196. The second-order valence-corrected chi connectivity index (χ2v) is 5.66. The number of fused-ring (bicyclic) bond motifs is 1. The van der Waals surface area contributed by atoms with Crippen LogP contribution >= 0.6 is 11.6 Å². The van der Waals surface area contributed by atoms with Gasteiger partial charge in [0, 0.05) is 5.02 Å². The smallest absolute Gasteiger partial charge is 0.162 e. The van der Waals surface area contributed by atoms with Gasteiger partial charge < -0.3 is 9.57 Å². The maximum absolute atomic E-state index is 6.00. The van der Waals surface area contributed by atoms with Crippen molar-refractivity contribution in [2.45, 2.75) is 6.61 Å². The molecule has 0 aliphatic rings. The van der Waals surface area contributed by atoms with Gasteiger partial charge in [0.15, 0.2) is 6.61 Å². The van der Waals surface area contributed by atoms with Gasteiger partial charge in [-0.3, -0.25) is 0 Å². The summed E-state index contributed by atoms with van der Waals surface area (Å²) >= 11 is 6.00. The predicted molar refractivity (Wildman–Crippen MR) is 90.7 cm³/mol. The molecule has 0 aliphatic carbocycles. The van der Waals surface area contributed by atoms with Crippen LogP contribution in [0, 0.1) is 0 Å². The van der Waals surface area contributed by atoms with Gasteiger partial charge in [0.1, 0.15) is 22.5 Å².